The number of ether oxygens (including phenoxy) is 2. The minimum atomic E-state index is -6.66. The van der Waals surface area contributed by atoms with Gasteiger partial charge >= 0.3 is 47.8 Å². The third-order valence-electron chi connectivity index (χ3n) is 4.87. The predicted octanol–water partition coefficient (Wildman–Crippen LogP) is 7.52. The maximum Gasteiger partial charge on any atom is 0.434 e. The van der Waals surface area contributed by atoms with Gasteiger partial charge in [-0.05, 0) is 0 Å². The van der Waals surface area contributed by atoms with E-state index in [-0.39, 0.29) is 0 Å². The number of allylic oxidation sites excluding steroid dienone is 6. The molecule has 230 valence electrons. The molecule has 4 nitrogen and oxygen atoms in total. The number of esters is 2. The summed E-state index contributed by atoms with van der Waals surface area (Å²) in [6.45, 7) is 2.35. The fourth-order valence-electron chi connectivity index (χ4n) is 2.89. The molecule has 0 N–H and O–H groups in total. The number of halogens is 18. The van der Waals surface area contributed by atoms with Gasteiger partial charge in [-0.1, -0.05) is 6.58 Å². The molecule has 41 heavy (non-hydrogen) atoms. The average Bonchev–Trinajstić information content (AvgIpc) is 2.78. The van der Waals surface area contributed by atoms with Crippen LogP contribution in [0, 0.1) is 0 Å². The molecule has 22 heteroatoms. The summed E-state index contributed by atoms with van der Waals surface area (Å²) < 4.78 is 249. The Hall–Kier alpha value is -3.62. The molecule has 0 unspecified atom stereocenters. The summed E-state index contributed by atoms with van der Waals surface area (Å²) in [7, 11) is 0. The quantitative estimate of drug-likeness (QED) is 0.165. The van der Waals surface area contributed by atoms with Crippen molar-refractivity contribution >= 4 is 11.9 Å². The summed E-state index contributed by atoms with van der Waals surface area (Å²) in [6.07, 6.45) is -15.0. The van der Waals surface area contributed by atoms with E-state index in [0.29, 0.717) is 0 Å². The molecule has 0 bridgehead atoms. The molecule has 0 atom stereocenters. The second-order valence-corrected chi connectivity index (χ2v) is 7.61. The van der Waals surface area contributed by atoms with Gasteiger partial charge in [0.25, 0.3) is 0 Å². The molecular weight excluding hydrogens is 634 g/mol. The topological polar surface area (TPSA) is 52.6 Å². The van der Waals surface area contributed by atoms with Crippen molar-refractivity contribution in [2.45, 2.75) is 42.3 Å². The van der Waals surface area contributed by atoms with Gasteiger partial charge in [0.2, 0.25) is 11.7 Å². The highest BCUT2D eigenvalue weighted by atomic mass is 19.3. The van der Waals surface area contributed by atoms with E-state index >= 15 is 0 Å². The molecular formula is C19H4F18O4. The van der Waals surface area contributed by atoms with Crippen molar-refractivity contribution in [1.29, 1.82) is 0 Å². The van der Waals surface area contributed by atoms with E-state index in [1.165, 1.54) is 0 Å². The lowest BCUT2D eigenvalue weighted by Gasteiger charge is -2.34. The first kappa shape index (κ1) is 33.6. The van der Waals surface area contributed by atoms with Crippen LogP contribution < -0.4 is 0 Å². The number of carbonyl (C=O) groups excluding carboxylic acids is 2. The molecule has 0 amide bonds. The Morgan fingerprint density at radius 3 is 1.24 bits per heavy atom. The molecule has 2 aliphatic rings. The highest BCUT2D eigenvalue weighted by Gasteiger charge is 2.74. The molecule has 0 aromatic heterocycles. The molecule has 0 aromatic carbocycles. The molecule has 0 heterocycles. The Morgan fingerprint density at radius 2 is 0.902 bits per heavy atom. The Kier molecular flexibility index (Phi) is 7.98. The first-order chi connectivity index (χ1) is 18.1. The maximum absolute atomic E-state index is 14.0. The fourth-order valence-corrected chi connectivity index (χ4v) is 2.89. The van der Waals surface area contributed by atoms with Crippen LogP contribution in [0.3, 0.4) is 0 Å². The van der Waals surface area contributed by atoms with E-state index in [1.54, 1.807) is 0 Å². The summed E-state index contributed by atoms with van der Waals surface area (Å²) in [5, 5.41) is 0. The normalized spacial score (nSPS) is 22.2. The minimum absolute atomic E-state index is 2.01. The smallest absolute Gasteiger partial charge is 0.397 e. The van der Waals surface area contributed by atoms with E-state index in [0.717, 1.165) is 0 Å². The van der Waals surface area contributed by atoms with Gasteiger partial charge in [0.15, 0.2) is 34.5 Å². The van der Waals surface area contributed by atoms with Crippen molar-refractivity contribution in [1.82, 2.24) is 0 Å². The average molecular weight is 638 g/mol. The van der Waals surface area contributed by atoms with Crippen LogP contribution in [0.15, 0.2) is 58.3 Å². The predicted molar refractivity (Wildman–Crippen MR) is 90.4 cm³/mol. The van der Waals surface area contributed by atoms with Crippen molar-refractivity contribution in [2.75, 3.05) is 0 Å². The van der Waals surface area contributed by atoms with E-state index in [4.69, 9.17) is 0 Å². The fraction of sp³-hybridized carbons (Fsp3) is 0.368. The van der Waals surface area contributed by atoms with E-state index in [9.17, 15) is 88.6 Å². The molecule has 0 saturated carbocycles. The zero-order valence-corrected chi connectivity index (χ0v) is 18.4. The van der Waals surface area contributed by atoms with Gasteiger partial charge < -0.3 is 9.47 Å². The number of alkyl halides is 12. The lowest BCUT2D eigenvalue weighted by Crippen LogP contribution is -2.51. The highest BCUT2D eigenvalue weighted by molar-refractivity contribution is 5.93. The van der Waals surface area contributed by atoms with Crippen molar-refractivity contribution in [3.63, 3.8) is 0 Å². The van der Waals surface area contributed by atoms with Gasteiger partial charge in [-0.15, -0.1) is 0 Å². The molecule has 2 aliphatic carbocycles. The van der Waals surface area contributed by atoms with Crippen LogP contribution in [0.1, 0.15) is 6.42 Å². The maximum atomic E-state index is 14.0. The lowest BCUT2D eigenvalue weighted by atomic mass is 9.93. The zero-order valence-electron chi connectivity index (χ0n) is 18.4. The number of carbonyl (C=O) groups is 2. The van der Waals surface area contributed by atoms with Crippen LogP contribution in [0.5, 0.6) is 0 Å². The first-order valence-corrected chi connectivity index (χ1v) is 9.44. The van der Waals surface area contributed by atoms with Crippen molar-refractivity contribution in [2.24, 2.45) is 0 Å². The van der Waals surface area contributed by atoms with Crippen LogP contribution in [0.25, 0.3) is 0 Å². The van der Waals surface area contributed by atoms with Gasteiger partial charge in [0, 0.05) is 5.57 Å². The highest BCUT2D eigenvalue weighted by Crippen LogP contribution is 2.58. The Morgan fingerprint density at radius 1 is 0.585 bits per heavy atom. The van der Waals surface area contributed by atoms with E-state index in [1.807, 2.05) is 0 Å². The minimum Gasteiger partial charge on any atom is -0.397 e. The second-order valence-electron chi connectivity index (χ2n) is 7.61. The lowest BCUT2D eigenvalue weighted by molar-refractivity contribution is -0.253. The Labute approximate surface area is 211 Å². The summed E-state index contributed by atoms with van der Waals surface area (Å²) in [5.41, 5.74) is -9.98. The van der Waals surface area contributed by atoms with Crippen LogP contribution >= 0.6 is 0 Å². The third-order valence-corrected chi connectivity index (χ3v) is 4.87. The third kappa shape index (κ3) is 5.04. The molecule has 0 aliphatic heterocycles. The van der Waals surface area contributed by atoms with Gasteiger partial charge in [-0.2, -0.15) is 52.7 Å². The molecule has 2 rings (SSSR count). The molecule has 0 saturated heterocycles. The Bertz CT molecular complexity index is 1330. The van der Waals surface area contributed by atoms with Gasteiger partial charge in [0.05, 0.1) is 6.42 Å². The molecule has 0 fully saturated rings. The van der Waals surface area contributed by atoms with Crippen LogP contribution in [-0.4, -0.2) is 47.8 Å². The molecule has 0 aromatic rings. The van der Waals surface area contributed by atoms with Gasteiger partial charge in [0.1, 0.15) is 0 Å². The van der Waals surface area contributed by atoms with Gasteiger partial charge in [-0.3, -0.25) is 4.79 Å². The van der Waals surface area contributed by atoms with E-state index in [2.05, 4.69) is 16.1 Å². The van der Waals surface area contributed by atoms with Crippen molar-refractivity contribution in [3.8, 4) is 0 Å². The number of rotatable bonds is 7. The summed E-state index contributed by atoms with van der Waals surface area (Å²) in [5.74, 6) is -54.4. The van der Waals surface area contributed by atoms with E-state index < -0.39 is 106 Å². The zero-order chi connectivity index (χ0) is 32.5. The summed E-state index contributed by atoms with van der Waals surface area (Å²) in [6, 6.07) is 0. The number of hydrogen-bond donors (Lipinski definition) is 0. The van der Waals surface area contributed by atoms with Crippen molar-refractivity contribution in [3.05, 3.63) is 58.3 Å². The number of hydrogen-bond acceptors (Lipinski definition) is 4. The van der Waals surface area contributed by atoms with Crippen LogP contribution in [-0.2, 0) is 19.1 Å². The molecule has 0 radical (unpaired) electrons. The SMILES string of the molecule is C=C(CC(=O)OC(F)(F)C1=C(F)C(F)=C(F)C(F)(F)C1(F)F)C(=O)OC(F)(F)C1=C(F)C(F)=C(F)C(F)(F)C1(F)F. The van der Waals surface area contributed by atoms with Gasteiger partial charge in [-0.25, -0.2) is 31.1 Å². The Balaban J connectivity index is 2.30. The largest absolute Gasteiger partial charge is 0.434 e. The van der Waals surface area contributed by atoms with Crippen LogP contribution in [0.2, 0.25) is 0 Å². The van der Waals surface area contributed by atoms with Crippen LogP contribution in [0.4, 0.5) is 79.0 Å². The summed E-state index contributed by atoms with van der Waals surface area (Å²) in [4.78, 5) is 23.1. The monoisotopic (exact) mass is 638 g/mol. The van der Waals surface area contributed by atoms with Crippen molar-refractivity contribution < 1.29 is 98.1 Å². The summed E-state index contributed by atoms with van der Waals surface area (Å²) >= 11 is 0. The standard InChI is InChI=1S/C19H4F18O4/c1-3(13(39)41-19(36,37)10-6(21)8(23)12(25)17(32,33)15(10,28)29)2-4(38)40-18(34,35)9-5(20)7(22)11(24)16(30,31)14(9,26)27/h1-2H2. The molecule has 0 spiro atoms. The first-order valence-electron chi connectivity index (χ1n) is 9.44. The second kappa shape index (κ2) is 9.74.